The predicted molar refractivity (Wildman–Crippen MR) is 28.7 cm³/mol. The van der Waals surface area contributed by atoms with Crippen LogP contribution in [0.25, 0.3) is 0 Å². The molecule has 1 aromatic heterocycles. The number of rotatable bonds is 1. The highest BCUT2D eigenvalue weighted by molar-refractivity contribution is 5.04. The summed E-state index contributed by atoms with van der Waals surface area (Å²) in [5.74, 6) is -0.447. The van der Waals surface area contributed by atoms with Crippen LogP contribution < -0.4 is 4.74 Å². The Labute approximate surface area is 60.4 Å². The van der Waals surface area contributed by atoms with E-state index in [0.29, 0.717) is 0 Å². The van der Waals surface area contributed by atoms with Gasteiger partial charge >= 0.3 is 6.36 Å². The second-order valence-corrected chi connectivity index (χ2v) is 1.77. The van der Waals surface area contributed by atoms with E-state index >= 15 is 0 Å². The SMILES string of the molecule is Cn1nc[c]c1OC(F)(F)F. The first kappa shape index (κ1) is 7.90. The fourth-order valence-electron chi connectivity index (χ4n) is 0.522. The molecule has 0 aliphatic heterocycles. The molecule has 0 amide bonds. The Bertz CT molecular complexity index is 242. The first-order valence-electron chi connectivity index (χ1n) is 2.64. The normalized spacial score (nSPS) is 11.6. The van der Waals surface area contributed by atoms with E-state index in [1.165, 1.54) is 7.05 Å². The highest BCUT2D eigenvalue weighted by Crippen LogP contribution is 2.20. The van der Waals surface area contributed by atoms with Gasteiger partial charge in [-0.2, -0.15) is 5.10 Å². The molecule has 1 aromatic rings. The number of halogens is 3. The maximum absolute atomic E-state index is 11.5. The van der Waals surface area contributed by atoms with Crippen LogP contribution in [0.1, 0.15) is 0 Å². The molecule has 0 aromatic carbocycles. The van der Waals surface area contributed by atoms with Gasteiger partial charge in [-0.05, 0) is 0 Å². The minimum absolute atomic E-state index is 0.447. The van der Waals surface area contributed by atoms with E-state index in [0.717, 1.165) is 10.9 Å². The molecular weight excluding hydrogens is 161 g/mol. The molecule has 0 fully saturated rings. The third-order valence-electron chi connectivity index (χ3n) is 0.925. The van der Waals surface area contributed by atoms with Crippen molar-refractivity contribution in [3.8, 4) is 5.88 Å². The average molecular weight is 165 g/mol. The van der Waals surface area contributed by atoms with Crippen LogP contribution in [0, 0.1) is 6.07 Å². The van der Waals surface area contributed by atoms with E-state index in [1.54, 1.807) is 0 Å². The molecule has 0 saturated heterocycles. The van der Waals surface area contributed by atoms with Gasteiger partial charge < -0.3 is 4.74 Å². The van der Waals surface area contributed by atoms with Gasteiger partial charge in [0.2, 0.25) is 5.88 Å². The van der Waals surface area contributed by atoms with Crippen molar-refractivity contribution in [2.45, 2.75) is 6.36 Å². The lowest BCUT2D eigenvalue weighted by Gasteiger charge is -2.06. The molecule has 1 rings (SSSR count). The van der Waals surface area contributed by atoms with Crippen molar-refractivity contribution in [2.24, 2.45) is 7.05 Å². The Balaban J connectivity index is 2.72. The van der Waals surface area contributed by atoms with E-state index in [2.05, 4.69) is 15.9 Å². The predicted octanol–water partition coefficient (Wildman–Crippen LogP) is 1.12. The molecule has 1 radical (unpaired) electrons. The molecule has 0 bridgehead atoms. The summed E-state index contributed by atoms with van der Waals surface area (Å²) in [4.78, 5) is 0. The molecule has 1 heterocycles. The third-order valence-corrected chi connectivity index (χ3v) is 0.925. The largest absolute Gasteiger partial charge is 0.574 e. The second kappa shape index (κ2) is 2.44. The van der Waals surface area contributed by atoms with Crippen molar-refractivity contribution in [3.63, 3.8) is 0 Å². The number of hydrogen-bond acceptors (Lipinski definition) is 2. The molecule has 0 aliphatic carbocycles. The van der Waals surface area contributed by atoms with Crippen LogP contribution >= 0.6 is 0 Å². The van der Waals surface area contributed by atoms with E-state index in [-0.39, 0.29) is 0 Å². The summed E-state index contributed by atoms with van der Waals surface area (Å²) >= 11 is 0. The average Bonchev–Trinajstić information content (AvgIpc) is 2.12. The van der Waals surface area contributed by atoms with Crippen molar-refractivity contribution in [1.29, 1.82) is 0 Å². The summed E-state index contributed by atoms with van der Waals surface area (Å²) in [6, 6.07) is 2.17. The maximum atomic E-state index is 11.5. The molecule has 61 valence electrons. The van der Waals surface area contributed by atoms with Crippen LogP contribution in [0.4, 0.5) is 13.2 Å². The fraction of sp³-hybridized carbons (Fsp3) is 0.400. The Hall–Kier alpha value is -1.20. The molecule has 0 unspecified atom stereocenters. The summed E-state index contributed by atoms with van der Waals surface area (Å²) in [5, 5.41) is 3.44. The minimum Gasteiger partial charge on any atom is -0.387 e. The Morgan fingerprint density at radius 2 is 2.27 bits per heavy atom. The molecular formula is C5H4F3N2O. The molecule has 3 nitrogen and oxygen atoms in total. The topological polar surface area (TPSA) is 27.1 Å². The lowest BCUT2D eigenvalue weighted by molar-refractivity contribution is -0.277. The number of alkyl halides is 3. The summed E-state index contributed by atoms with van der Waals surface area (Å²) < 4.78 is 39.0. The number of ether oxygens (including phenoxy) is 1. The van der Waals surface area contributed by atoms with Crippen LogP contribution in [0.15, 0.2) is 6.20 Å². The smallest absolute Gasteiger partial charge is 0.387 e. The third kappa shape index (κ3) is 2.14. The lowest BCUT2D eigenvalue weighted by atomic mass is 10.7. The van der Waals surface area contributed by atoms with Crippen molar-refractivity contribution in [1.82, 2.24) is 9.78 Å². The molecule has 11 heavy (non-hydrogen) atoms. The monoisotopic (exact) mass is 165 g/mol. The van der Waals surface area contributed by atoms with Gasteiger partial charge in [-0.1, -0.05) is 0 Å². The van der Waals surface area contributed by atoms with Gasteiger partial charge in [0.1, 0.15) is 0 Å². The highest BCUT2D eigenvalue weighted by atomic mass is 19.4. The van der Waals surface area contributed by atoms with Crippen LogP contribution in [0.5, 0.6) is 5.88 Å². The lowest BCUT2D eigenvalue weighted by Crippen LogP contribution is -2.18. The molecule has 6 heteroatoms. The first-order chi connectivity index (χ1) is 4.99. The van der Waals surface area contributed by atoms with E-state index in [4.69, 9.17) is 0 Å². The van der Waals surface area contributed by atoms with Gasteiger partial charge in [0.25, 0.3) is 0 Å². The van der Waals surface area contributed by atoms with Crippen LogP contribution in [0.3, 0.4) is 0 Å². The van der Waals surface area contributed by atoms with Crippen molar-refractivity contribution in [2.75, 3.05) is 0 Å². The van der Waals surface area contributed by atoms with Crippen LogP contribution in [0.2, 0.25) is 0 Å². The Kier molecular flexibility index (Phi) is 1.76. The van der Waals surface area contributed by atoms with Gasteiger partial charge in [0.15, 0.2) is 0 Å². The zero-order valence-corrected chi connectivity index (χ0v) is 5.51. The van der Waals surface area contributed by atoms with Crippen molar-refractivity contribution < 1.29 is 17.9 Å². The standard InChI is InChI=1S/C5H4F3N2O/c1-10-4(2-3-9-10)11-5(6,7)8/h3H,1H3. The number of aromatic nitrogens is 2. The van der Waals surface area contributed by atoms with Gasteiger partial charge in [0.05, 0.1) is 12.3 Å². The zero-order valence-electron chi connectivity index (χ0n) is 5.51. The second-order valence-electron chi connectivity index (χ2n) is 1.77. The maximum Gasteiger partial charge on any atom is 0.574 e. The van der Waals surface area contributed by atoms with Crippen LogP contribution in [-0.4, -0.2) is 16.1 Å². The summed E-state index contributed by atoms with van der Waals surface area (Å²) in [7, 11) is 1.33. The molecule has 0 saturated carbocycles. The molecule has 0 N–H and O–H groups in total. The number of aryl methyl sites for hydroxylation is 1. The first-order valence-corrected chi connectivity index (χ1v) is 2.64. The van der Waals surface area contributed by atoms with Crippen LogP contribution in [-0.2, 0) is 7.05 Å². The van der Waals surface area contributed by atoms with Crippen molar-refractivity contribution >= 4 is 0 Å². The number of hydrogen-bond donors (Lipinski definition) is 0. The van der Waals surface area contributed by atoms with Crippen molar-refractivity contribution in [3.05, 3.63) is 12.3 Å². The van der Waals surface area contributed by atoms with E-state index in [1.807, 2.05) is 0 Å². The summed E-state index contributed by atoms with van der Waals surface area (Å²) in [6.07, 6.45) is -3.58. The molecule has 0 spiro atoms. The molecule has 0 aliphatic rings. The minimum atomic E-state index is -4.68. The van der Waals surface area contributed by atoms with E-state index < -0.39 is 12.2 Å². The van der Waals surface area contributed by atoms with Gasteiger partial charge in [-0.3, -0.25) is 0 Å². The summed E-state index contributed by atoms with van der Waals surface area (Å²) in [5.41, 5.74) is 0. The molecule has 0 atom stereocenters. The fourth-order valence-corrected chi connectivity index (χ4v) is 0.522. The quantitative estimate of drug-likeness (QED) is 0.623. The highest BCUT2D eigenvalue weighted by Gasteiger charge is 2.32. The zero-order chi connectivity index (χ0) is 8.48. The summed E-state index contributed by atoms with van der Waals surface area (Å²) in [6.45, 7) is 0. The number of nitrogens with zero attached hydrogens (tertiary/aromatic N) is 2. The van der Waals surface area contributed by atoms with Gasteiger partial charge in [0, 0.05) is 7.05 Å². The Morgan fingerprint density at radius 1 is 1.64 bits per heavy atom. The van der Waals surface area contributed by atoms with Gasteiger partial charge in [-0.15, -0.1) is 13.2 Å². The Morgan fingerprint density at radius 3 is 2.64 bits per heavy atom. The van der Waals surface area contributed by atoms with E-state index in [9.17, 15) is 13.2 Å². The van der Waals surface area contributed by atoms with Gasteiger partial charge in [-0.25, -0.2) is 4.68 Å².